The molecule has 0 aliphatic rings. The maximum atomic E-state index is 12.0. The minimum Gasteiger partial charge on any atom is -0.294 e. The van der Waals surface area contributed by atoms with Gasteiger partial charge in [0.15, 0.2) is 5.78 Å². The molecule has 0 aliphatic heterocycles. The molecule has 0 N–H and O–H groups in total. The van der Waals surface area contributed by atoms with Crippen molar-refractivity contribution >= 4 is 29.0 Å². The highest BCUT2D eigenvalue weighted by Crippen LogP contribution is 2.20. The Morgan fingerprint density at radius 2 is 1.53 bits per heavy atom. The first-order valence-electron chi connectivity index (χ1n) is 5.18. The molecule has 0 saturated heterocycles. The third-order valence-corrected chi connectivity index (χ3v) is 2.82. The second-order valence-electron chi connectivity index (χ2n) is 3.74. The van der Waals surface area contributed by atoms with E-state index in [0.29, 0.717) is 22.0 Å². The van der Waals surface area contributed by atoms with Crippen LogP contribution in [0.3, 0.4) is 0 Å². The second-order valence-corrected chi connectivity index (χ2v) is 4.62. The average Bonchev–Trinajstić information content (AvgIpc) is 2.28. The number of Topliss-reactive ketones (excluding diaryl/α,β-unsaturated/α-hetero) is 1. The van der Waals surface area contributed by atoms with Crippen LogP contribution in [-0.4, -0.2) is 5.78 Å². The van der Waals surface area contributed by atoms with Crippen LogP contribution in [0.25, 0.3) is 0 Å². The van der Waals surface area contributed by atoms with Crippen LogP contribution in [0.2, 0.25) is 10.0 Å². The van der Waals surface area contributed by atoms with Gasteiger partial charge in [0, 0.05) is 22.0 Å². The molecule has 0 aliphatic carbocycles. The molecule has 0 heterocycles. The van der Waals surface area contributed by atoms with Crippen molar-refractivity contribution in [1.82, 2.24) is 0 Å². The molecular weight excluding hydrogens is 255 g/mol. The number of hydrogen-bond acceptors (Lipinski definition) is 1. The fraction of sp³-hybridized carbons (Fsp3) is 0.0714. The molecule has 86 valence electrons. The summed E-state index contributed by atoms with van der Waals surface area (Å²) in [6, 6.07) is 14.3. The van der Waals surface area contributed by atoms with Crippen LogP contribution in [0.4, 0.5) is 0 Å². The molecule has 2 aromatic rings. The number of halogens is 2. The van der Waals surface area contributed by atoms with Gasteiger partial charge in [0.25, 0.3) is 0 Å². The molecule has 0 spiro atoms. The Bertz CT molecular complexity index is 515. The highest BCUT2D eigenvalue weighted by atomic mass is 35.5. The summed E-state index contributed by atoms with van der Waals surface area (Å²) in [5, 5.41) is 1.10. The van der Waals surface area contributed by atoms with Crippen molar-refractivity contribution in [2.75, 3.05) is 0 Å². The fourth-order valence-electron chi connectivity index (χ4n) is 1.62. The number of ketones is 1. The van der Waals surface area contributed by atoms with Gasteiger partial charge in [-0.05, 0) is 23.8 Å². The van der Waals surface area contributed by atoms with Gasteiger partial charge in [-0.3, -0.25) is 4.79 Å². The molecule has 0 unspecified atom stereocenters. The lowest BCUT2D eigenvalue weighted by molar-refractivity contribution is 0.0993. The maximum absolute atomic E-state index is 12.0. The lowest BCUT2D eigenvalue weighted by Gasteiger charge is -2.03. The van der Waals surface area contributed by atoms with Gasteiger partial charge in [-0.2, -0.15) is 0 Å². The van der Waals surface area contributed by atoms with E-state index in [1.807, 2.05) is 18.2 Å². The topological polar surface area (TPSA) is 17.1 Å². The van der Waals surface area contributed by atoms with Gasteiger partial charge in [-0.15, -0.1) is 0 Å². The van der Waals surface area contributed by atoms with Crippen molar-refractivity contribution in [3.8, 4) is 0 Å². The summed E-state index contributed by atoms with van der Waals surface area (Å²) >= 11 is 11.8. The number of hydrogen-bond donors (Lipinski definition) is 0. The Kier molecular flexibility index (Phi) is 3.82. The monoisotopic (exact) mass is 264 g/mol. The molecule has 2 aromatic carbocycles. The molecule has 0 atom stereocenters. The summed E-state index contributed by atoms with van der Waals surface area (Å²) in [5.41, 5.74) is 1.53. The summed E-state index contributed by atoms with van der Waals surface area (Å²) in [5.74, 6) is 0.0592. The quantitative estimate of drug-likeness (QED) is 0.751. The van der Waals surface area contributed by atoms with Gasteiger partial charge in [0.1, 0.15) is 0 Å². The van der Waals surface area contributed by atoms with Crippen LogP contribution < -0.4 is 0 Å². The van der Waals surface area contributed by atoms with Crippen LogP contribution in [0, 0.1) is 0 Å². The van der Waals surface area contributed by atoms with E-state index >= 15 is 0 Å². The second kappa shape index (κ2) is 5.35. The largest absolute Gasteiger partial charge is 0.294 e. The molecule has 1 nitrogen and oxygen atoms in total. The standard InChI is InChI=1S/C14H10Cl2O/c15-12-6-10(7-13(16)9-12)8-14(17)11-4-2-1-3-5-11/h1-7,9H,8H2. The lowest BCUT2D eigenvalue weighted by atomic mass is 10.0. The Balaban J connectivity index is 2.19. The molecule has 2 rings (SSSR count). The predicted octanol–water partition coefficient (Wildman–Crippen LogP) is 4.42. The maximum Gasteiger partial charge on any atom is 0.167 e. The molecule has 0 aromatic heterocycles. The third-order valence-electron chi connectivity index (χ3n) is 2.38. The molecule has 3 heteroatoms. The highest BCUT2D eigenvalue weighted by Gasteiger charge is 2.07. The number of carbonyl (C=O) groups is 1. The molecule has 0 radical (unpaired) electrons. The molecule has 17 heavy (non-hydrogen) atoms. The van der Waals surface area contributed by atoms with Gasteiger partial charge in [-0.1, -0.05) is 53.5 Å². The molecule has 0 bridgehead atoms. The van der Waals surface area contributed by atoms with E-state index in [-0.39, 0.29) is 5.78 Å². The van der Waals surface area contributed by atoms with Crippen molar-refractivity contribution in [2.45, 2.75) is 6.42 Å². The molecule has 0 saturated carbocycles. The van der Waals surface area contributed by atoms with Crippen molar-refractivity contribution < 1.29 is 4.79 Å². The zero-order valence-corrected chi connectivity index (χ0v) is 10.5. The van der Waals surface area contributed by atoms with E-state index in [1.54, 1.807) is 30.3 Å². The molecule has 0 amide bonds. The van der Waals surface area contributed by atoms with Crippen molar-refractivity contribution in [2.24, 2.45) is 0 Å². The SMILES string of the molecule is O=C(Cc1cc(Cl)cc(Cl)c1)c1ccccc1. The fourth-order valence-corrected chi connectivity index (χ4v) is 2.20. The minimum absolute atomic E-state index is 0.0592. The van der Waals surface area contributed by atoms with Gasteiger partial charge >= 0.3 is 0 Å². The van der Waals surface area contributed by atoms with E-state index in [1.165, 1.54) is 0 Å². The van der Waals surface area contributed by atoms with E-state index in [4.69, 9.17) is 23.2 Å². The van der Waals surface area contributed by atoms with Crippen molar-refractivity contribution in [3.05, 3.63) is 69.7 Å². The summed E-state index contributed by atoms with van der Waals surface area (Å²) in [4.78, 5) is 12.0. The van der Waals surface area contributed by atoms with Gasteiger partial charge in [-0.25, -0.2) is 0 Å². The third kappa shape index (κ3) is 3.32. The Morgan fingerprint density at radius 1 is 0.941 bits per heavy atom. The summed E-state index contributed by atoms with van der Waals surface area (Å²) < 4.78 is 0. The predicted molar refractivity (Wildman–Crippen MR) is 70.9 cm³/mol. The summed E-state index contributed by atoms with van der Waals surface area (Å²) in [6.07, 6.45) is 0.310. The average molecular weight is 265 g/mol. The molecular formula is C14H10Cl2O. The smallest absolute Gasteiger partial charge is 0.167 e. The Hall–Kier alpha value is -1.31. The first-order chi connectivity index (χ1) is 8.15. The van der Waals surface area contributed by atoms with Crippen LogP contribution >= 0.6 is 23.2 Å². The Morgan fingerprint density at radius 3 is 2.12 bits per heavy atom. The van der Waals surface area contributed by atoms with Crippen molar-refractivity contribution in [3.63, 3.8) is 0 Å². The zero-order chi connectivity index (χ0) is 12.3. The summed E-state index contributed by atoms with van der Waals surface area (Å²) in [6.45, 7) is 0. The lowest BCUT2D eigenvalue weighted by Crippen LogP contribution is -2.03. The van der Waals surface area contributed by atoms with E-state index < -0.39 is 0 Å². The van der Waals surface area contributed by atoms with Crippen LogP contribution in [0.15, 0.2) is 48.5 Å². The van der Waals surface area contributed by atoms with Crippen molar-refractivity contribution in [1.29, 1.82) is 0 Å². The first-order valence-corrected chi connectivity index (χ1v) is 5.94. The van der Waals surface area contributed by atoms with Crippen LogP contribution in [0.1, 0.15) is 15.9 Å². The number of rotatable bonds is 3. The highest BCUT2D eigenvalue weighted by molar-refractivity contribution is 6.34. The molecule has 0 fully saturated rings. The first kappa shape index (κ1) is 12.2. The number of carbonyl (C=O) groups excluding carboxylic acids is 1. The minimum atomic E-state index is 0.0592. The zero-order valence-electron chi connectivity index (χ0n) is 8.99. The normalized spacial score (nSPS) is 10.2. The van der Waals surface area contributed by atoms with E-state index in [0.717, 1.165) is 5.56 Å². The van der Waals surface area contributed by atoms with E-state index in [9.17, 15) is 4.79 Å². The van der Waals surface area contributed by atoms with Gasteiger partial charge in [0.05, 0.1) is 0 Å². The van der Waals surface area contributed by atoms with E-state index in [2.05, 4.69) is 0 Å². The van der Waals surface area contributed by atoms with Crippen LogP contribution in [0.5, 0.6) is 0 Å². The number of benzene rings is 2. The van der Waals surface area contributed by atoms with Crippen LogP contribution in [-0.2, 0) is 6.42 Å². The Labute approximate surface area is 110 Å². The van der Waals surface area contributed by atoms with Gasteiger partial charge < -0.3 is 0 Å². The summed E-state index contributed by atoms with van der Waals surface area (Å²) in [7, 11) is 0. The van der Waals surface area contributed by atoms with Gasteiger partial charge in [0.2, 0.25) is 0 Å².